The van der Waals surface area contributed by atoms with Crippen LogP contribution in [0.3, 0.4) is 0 Å². The van der Waals surface area contributed by atoms with Gasteiger partial charge >= 0.3 is 0 Å². The number of benzene rings is 2. The smallest absolute Gasteiger partial charge is 0.243 e. The normalized spacial score (nSPS) is 18.1. The number of nitrogens with zero attached hydrogens (tertiary/aromatic N) is 2. The summed E-state index contributed by atoms with van der Waals surface area (Å²) in [5.74, 6) is 0. The Morgan fingerprint density at radius 2 is 1.83 bits per heavy atom. The predicted molar refractivity (Wildman–Crippen MR) is 128 cm³/mol. The first-order valence-electron chi connectivity index (χ1n) is 10.2. The summed E-state index contributed by atoms with van der Waals surface area (Å²) in [6.07, 6.45) is 4.49. The van der Waals surface area contributed by atoms with Gasteiger partial charge in [0.1, 0.15) is 0 Å². The van der Waals surface area contributed by atoms with Crippen LogP contribution in [0.1, 0.15) is 38.2 Å². The van der Waals surface area contributed by atoms with Crippen molar-refractivity contribution in [3.63, 3.8) is 0 Å². The second-order valence-corrected chi connectivity index (χ2v) is 11.4. The zero-order valence-electron chi connectivity index (χ0n) is 17.0. The monoisotopic (exact) mass is 532 g/mol. The number of likely N-dealkylation sites (tertiary alicyclic amines) is 1. The Morgan fingerprint density at radius 1 is 1.10 bits per heavy atom. The van der Waals surface area contributed by atoms with E-state index in [0.29, 0.717) is 22.6 Å². The molecule has 1 aliphatic heterocycles. The number of hydrogen-bond acceptors (Lipinski definition) is 3. The van der Waals surface area contributed by atoms with Gasteiger partial charge in [0, 0.05) is 23.6 Å². The van der Waals surface area contributed by atoms with E-state index >= 15 is 0 Å². The molecular weight excluding hydrogens is 507 g/mol. The second-order valence-electron chi connectivity index (χ2n) is 7.78. The van der Waals surface area contributed by atoms with Gasteiger partial charge in [-0.05, 0) is 81.2 Å². The van der Waals surface area contributed by atoms with E-state index in [2.05, 4.69) is 27.8 Å². The van der Waals surface area contributed by atoms with E-state index in [1.54, 1.807) is 40.7 Å². The number of halogens is 3. The molecule has 2 aromatic rings. The van der Waals surface area contributed by atoms with E-state index in [9.17, 15) is 8.42 Å². The largest absolute Gasteiger partial charge is 0.301 e. The molecule has 1 atom stereocenters. The zero-order valence-corrected chi connectivity index (χ0v) is 20.9. The fourth-order valence-electron chi connectivity index (χ4n) is 3.82. The molecule has 2 aromatic carbocycles. The molecule has 1 saturated heterocycles. The maximum Gasteiger partial charge on any atom is 0.243 e. The summed E-state index contributed by atoms with van der Waals surface area (Å²) in [5, 5.41) is 0.888. The lowest BCUT2D eigenvalue weighted by molar-refractivity contribution is 0.155. The van der Waals surface area contributed by atoms with Crippen LogP contribution in [-0.2, 0) is 16.6 Å². The molecule has 1 heterocycles. The van der Waals surface area contributed by atoms with E-state index in [-0.39, 0.29) is 11.4 Å². The summed E-state index contributed by atoms with van der Waals surface area (Å²) in [7, 11) is -3.64. The van der Waals surface area contributed by atoms with Crippen LogP contribution in [-0.4, -0.2) is 43.3 Å². The van der Waals surface area contributed by atoms with Crippen LogP contribution in [0.2, 0.25) is 10.0 Å². The molecule has 0 bridgehead atoms. The van der Waals surface area contributed by atoms with Gasteiger partial charge in [0.05, 0.1) is 14.9 Å². The third kappa shape index (κ3) is 6.21. The van der Waals surface area contributed by atoms with Gasteiger partial charge in [-0.25, -0.2) is 8.42 Å². The molecule has 164 valence electrons. The van der Waals surface area contributed by atoms with Crippen LogP contribution in [0.15, 0.2) is 51.8 Å². The zero-order chi connectivity index (χ0) is 21.7. The molecule has 0 aromatic heterocycles. The molecule has 30 heavy (non-hydrogen) atoms. The fraction of sp³-hybridized carbons (Fsp3) is 0.455. The fourth-order valence-corrected chi connectivity index (χ4v) is 5.87. The quantitative estimate of drug-likeness (QED) is 0.405. The summed E-state index contributed by atoms with van der Waals surface area (Å²) in [6.45, 7) is 4.94. The highest BCUT2D eigenvalue weighted by atomic mass is 79.9. The third-order valence-electron chi connectivity index (χ3n) is 5.59. The Labute approximate surface area is 198 Å². The molecule has 0 N–H and O–H groups in total. The van der Waals surface area contributed by atoms with Gasteiger partial charge in [-0.15, -0.1) is 0 Å². The SMILES string of the molecule is CC1CCCCN1CCCN(Cc1ccc(Cl)c(Cl)c1)S(=O)(=O)c1ccc(Br)cc1. The Balaban J connectivity index is 1.78. The van der Waals surface area contributed by atoms with Crippen molar-refractivity contribution in [3.05, 3.63) is 62.5 Å². The summed E-state index contributed by atoms with van der Waals surface area (Å²) in [4.78, 5) is 2.75. The number of rotatable bonds is 8. The molecule has 0 amide bonds. The van der Waals surface area contributed by atoms with E-state index in [1.165, 1.54) is 19.3 Å². The van der Waals surface area contributed by atoms with E-state index in [0.717, 1.165) is 29.5 Å². The van der Waals surface area contributed by atoms with Crippen molar-refractivity contribution in [1.82, 2.24) is 9.21 Å². The van der Waals surface area contributed by atoms with Gasteiger partial charge in [0.15, 0.2) is 0 Å². The Morgan fingerprint density at radius 3 is 2.50 bits per heavy atom. The lowest BCUT2D eigenvalue weighted by atomic mass is 10.0. The van der Waals surface area contributed by atoms with Gasteiger partial charge in [-0.3, -0.25) is 0 Å². The lowest BCUT2D eigenvalue weighted by Gasteiger charge is -2.34. The van der Waals surface area contributed by atoms with Gasteiger partial charge < -0.3 is 4.90 Å². The molecule has 0 radical (unpaired) electrons. The number of hydrogen-bond donors (Lipinski definition) is 0. The Bertz CT molecular complexity index is 954. The standard InChI is InChI=1S/C22H27BrCl2N2O2S/c1-17-5-2-3-12-26(17)13-4-14-27(16-18-6-11-21(24)22(25)15-18)30(28,29)20-9-7-19(23)8-10-20/h6-11,15,17H,2-5,12-14,16H2,1H3. The molecule has 0 spiro atoms. The van der Waals surface area contributed by atoms with Crippen molar-refractivity contribution in [2.45, 2.75) is 50.1 Å². The molecule has 8 heteroatoms. The van der Waals surface area contributed by atoms with Crippen LogP contribution in [0, 0.1) is 0 Å². The van der Waals surface area contributed by atoms with Gasteiger partial charge in [-0.1, -0.05) is 51.6 Å². The minimum Gasteiger partial charge on any atom is -0.301 e. The maximum atomic E-state index is 13.4. The molecule has 0 saturated carbocycles. The molecule has 1 aliphatic rings. The van der Waals surface area contributed by atoms with Crippen LogP contribution in [0.25, 0.3) is 0 Å². The summed E-state index contributed by atoms with van der Waals surface area (Å²) in [5.41, 5.74) is 0.816. The molecule has 0 aliphatic carbocycles. The first-order chi connectivity index (χ1) is 14.3. The first-order valence-corrected chi connectivity index (χ1v) is 13.2. The second kappa shape index (κ2) is 10.8. The third-order valence-corrected chi connectivity index (χ3v) is 8.71. The Hall–Kier alpha value is -0.630. The minimum atomic E-state index is -3.64. The van der Waals surface area contributed by atoms with Crippen molar-refractivity contribution in [2.24, 2.45) is 0 Å². The molecule has 4 nitrogen and oxygen atoms in total. The Kier molecular flexibility index (Phi) is 8.64. The molecule has 1 fully saturated rings. The average Bonchev–Trinajstić information content (AvgIpc) is 2.71. The van der Waals surface area contributed by atoms with Crippen LogP contribution < -0.4 is 0 Å². The van der Waals surface area contributed by atoms with Crippen molar-refractivity contribution in [1.29, 1.82) is 0 Å². The highest BCUT2D eigenvalue weighted by molar-refractivity contribution is 9.10. The van der Waals surface area contributed by atoms with E-state index in [1.807, 2.05) is 6.07 Å². The number of piperidine rings is 1. The first kappa shape index (κ1) is 24.0. The van der Waals surface area contributed by atoms with Crippen molar-refractivity contribution in [3.8, 4) is 0 Å². The van der Waals surface area contributed by atoms with Gasteiger partial charge in [0.2, 0.25) is 10.0 Å². The summed E-state index contributed by atoms with van der Waals surface area (Å²) >= 11 is 15.6. The van der Waals surface area contributed by atoms with Crippen molar-refractivity contribution in [2.75, 3.05) is 19.6 Å². The van der Waals surface area contributed by atoms with Crippen molar-refractivity contribution >= 4 is 49.2 Å². The predicted octanol–water partition coefficient (Wildman–Crippen LogP) is 6.21. The van der Waals surface area contributed by atoms with Gasteiger partial charge in [0.25, 0.3) is 0 Å². The van der Waals surface area contributed by atoms with Gasteiger partial charge in [-0.2, -0.15) is 4.31 Å². The van der Waals surface area contributed by atoms with E-state index < -0.39 is 10.0 Å². The maximum absolute atomic E-state index is 13.4. The molecular formula is C22H27BrCl2N2O2S. The minimum absolute atomic E-state index is 0.255. The highest BCUT2D eigenvalue weighted by Gasteiger charge is 2.25. The van der Waals surface area contributed by atoms with Crippen molar-refractivity contribution < 1.29 is 8.42 Å². The van der Waals surface area contributed by atoms with E-state index in [4.69, 9.17) is 23.2 Å². The average molecular weight is 534 g/mol. The summed E-state index contributed by atoms with van der Waals surface area (Å²) in [6, 6.07) is 12.6. The highest BCUT2D eigenvalue weighted by Crippen LogP contribution is 2.26. The molecule has 1 unspecified atom stereocenters. The van der Waals surface area contributed by atoms with Crippen LogP contribution in [0.4, 0.5) is 0 Å². The van der Waals surface area contributed by atoms with Crippen LogP contribution >= 0.6 is 39.1 Å². The molecule has 3 rings (SSSR count). The lowest BCUT2D eigenvalue weighted by Crippen LogP contribution is -2.40. The summed E-state index contributed by atoms with van der Waals surface area (Å²) < 4.78 is 29.2. The number of sulfonamides is 1. The van der Waals surface area contributed by atoms with Crippen LogP contribution in [0.5, 0.6) is 0 Å². The topological polar surface area (TPSA) is 40.6 Å².